The van der Waals surface area contributed by atoms with Crippen LogP contribution in [0.5, 0.6) is 0 Å². The Morgan fingerprint density at radius 3 is 2.67 bits per heavy atom. The summed E-state index contributed by atoms with van der Waals surface area (Å²) in [6.07, 6.45) is 2.09. The summed E-state index contributed by atoms with van der Waals surface area (Å²) in [5.41, 5.74) is 1.02. The van der Waals surface area contributed by atoms with Gasteiger partial charge in [-0.1, -0.05) is 37.3 Å². The van der Waals surface area contributed by atoms with Crippen molar-refractivity contribution in [2.75, 3.05) is 26.8 Å². The third-order valence-corrected chi connectivity index (χ3v) is 4.00. The van der Waals surface area contributed by atoms with E-state index in [4.69, 9.17) is 9.47 Å². The van der Waals surface area contributed by atoms with E-state index >= 15 is 0 Å². The summed E-state index contributed by atoms with van der Waals surface area (Å²) < 4.78 is 10.8. The van der Waals surface area contributed by atoms with Crippen molar-refractivity contribution in [1.82, 2.24) is 4.90 Å². The molecule has 4 nitrogen and oxygen atoms in total. The van der Waals surface area contributed by atoms with Crippen LogP contribution < -0.4 is 0 Å². The van der Waals surface area contributed by atoms with Crippen LogP contribution in [-0.2, 0) is 20.9 Å². The zero-order valence-corrected chi connectivity index (χ0v) is 13.0. The van der Waals surface area contributed by atoms with Gasteiger partial charge in [0.15, 0.2) is 0 Å². The summed E-state index contributed by atoms with van der Waals surface area (Å²) in [5, 5.41) is 0. The molecule has 116 valence electrons. The molecule has 1 fully saturated rings. The molecule has 1 aromatic rings. The van der Waals surface area contributed by atoms with E-state index in [0.29, 0.717) is 12.6 Å². The first-order valence-electron chi connectivity index (χ1n) is 7.65. The van der Waals surface area contributed by atoms with E-state index in [9.17, 15) is 4.79 Å². The molecule has 4 heteroatoms. The van der Waals surface area contributed by atoms with E-state index in [1.54, 1.807) is 0 Å². The molecule has 1 aliphatic heterocycles. The molecule has 1 heterocycles. The highest BCUT2D eigenvalue weighted by molar-refractivity contribution is 5.72. The van der Waals surface area contributed by atoms with Gasteiger partial charge >= 0.3 is 5.97 Å². The molecular weight excluding hydrogens is 266 g/mol. The maximum absolute atomic E-state index is 12.1. The van der Waals surface area contributed by atoms with Crippen LogP contribution in [0, 0.1) is 5.92 Å². The van der Waals surface area contributed by atoms with Crippen molar-refractivity contribution in [2.24, 2.45) is 5.92 Å². The van der Waals surface area contributed by atoms with Crippen molar-refractivity contribution >= 4 is 5.97 Å². The van der Waals surface area contributed by atoms with Gasteiger partial charge in [-0.2, -0.15) is 0 Å². The lowest BCUT2D eigenvalue weighted by Gasteiger charge is -2.32. The number of esters is 1. The molecule has 2 rings (SSSR count). The predicted octanol–water partition coefficient (Wildman–Crippen LogP) is 2.48. The highest BCUT2D eigenvalue weighted by atomic mass is 16.5. The monoisotopic (exact) mass is 291 g/mol. The number of hydrogen-bond acceptors (Lipinski definition) is 4. The van der Waals surface area contributed by atoms with Gasteiger partial charge in [0, 0.05) is 25.8 Å². The second-order valence-corrected chi connectivity index (χ2v) is 5.78. The fraction of sp³-hybridized carbons (Fsp3) is 0.588. The summed E-state index contributed by atoms with van der Waals surface area (Å²) in [7, 11) is 2.08. The van der Waals surface area contributed by atoms with Crippen LogP contribution in [0.2, 0.25) is 0 Å². The fourth-order valence-corrected chi connectivity index (χ4v) is 2.65. The van der Waals surface area contributed by atoms with Gasteiger partial charge in [0.1, 0.15) is 6.61 Å². The third-order valence-electron chi connectivity index (χ3n) is 4.00. The van der Waals surface area contributed by atoms with Crippen molar-refractivity contribution in [1.29, 1.82) is 0 Å². The number of carbonyl (C=O) groups is 1. The molecule has 1 unspecified atom stereocenters. The molecule has 1 aromatic carbocycles. The lowest BCUT2D eigenvalue weighted by Crippen LogP contribution is -2.40. The number of nitrogens with zero attached hydrogens (tertiary/aromatic N) is 1. The zero-order chi connectivity index (χ0) is 15.1. The van der Waals surface area contributed by atoms with Gasteiger partial charge in [-0.05, 0) is 25.5 Å². The molecule has 1 atom stereocenters. The van der Waals surface area contributed by atoms with Gasteiger partial charge in [0.25, 0.3) is 0 Å². The maximum Gasteiger partial charge on any atom is 0.310 e. The average Bonchev–Trinajstić information content (AvgIpc) is 2.54. The van der Waals surface area contributed by atoms with Crippen molar-refractivity contribution in [2.45, 2.75) is 32.4 Å². The second-order valence-electron chi connectivity index (χ2n) is 5.78. The molecule has 1 aliphatic rings. The summed E-state index contributed by atoms with van der Waals surface area (Å²) in [6.45, 7) is 4.66. The topological polar surface area (TPSA) is 38.8 Å². The largest absolute Gasteiger partial charge is 0.461 e. The third kappa shape index (κ3) is 5.14. The Balaban J connectivity index is 1.74. The normalized spacial score (nSPS) is 17.7. The minimum atomic E-state index is -0.127. The van der Waals surface area contributed by atoms with Gasteiger partial charge in [-0.25, -0.2) is 0 Å². The smallest absolute Gasteiger partial charge is 0.310 e. The second kappa shape index (κ2) is 8.15. The van der Waals surface area contributed by atoms with Crippen molar-refractivity contribution in [3.63, 3.8) is 0 Å². The molecule has 0 amide bonds. The highest BCUT2D eigenvalue weighted by Gasteiger charge is 2.23. The SMILES string of the molecule is CC(CN(C)C1CCOCC1)C(=O)OCc1ccccc1. The van der Waals surface area contributed by atoms with Crippen LogP contribution in [0.3, 0.4) is 0 Å². The van der Waals surface area contributed by atoms with Gasteiger partial charge in [-0.15, -0.1) is 0 Å². The van der Waals surface area contributed by atoms with Crippen LogP contribution in [0.4, 0.5) is 0 Å². The van der Waals surface area contributed by atoms with Gasteiger partial charge in [-0.3, -0.25) is 4.79 Å². The predicted molar refractivity (Wildman–Crippen MR) is 81.9 cm³/mol. The average molecular weight is 291 g/mol. The van der Waals surface area contributed by atoms with Crippen LogP contribution in [0.1, 0.15) is 25.3 Å². The lowest BCUT2D eigenvalue weighted by molar-refractivity contribution is -0.150. The Labute approximate surface area is 127 Å². The number of carbonyl (C=O) groups excluding carboxylic acids is 1. The van der Waals surface area contributed by atoms with E-state index in [0.717, 1.165) is 38.2 Å². The first-order valence-corrected chi connectivity index (χ1v) is 7.65. The summed E-state index contributed by atoms with van der Waals surface area (Å²) in [4.78, 5) is 14.3. The van der Waals surface area contributed by atoms with E-state index in [1.165, 1.54) is 0 Å². The van der Waals surface area contributed by atoms with Crippen LogP contribution in [-0.4, -0.2) is 43.7 Å². The standard InChI is InChI=1S/C17H25NO3/c1-14(12-18(2)16-8-10-20-11-9-16)17(19)21-13-15-6-4-3-5-7-15/h3-7,14,16H,8-13H2,1-2H3. The number of benzene rings is 1. The Morgan fingerprint density at radius 2 is 2.00 bits per heavy atom. The molecule has 21 heavy (non-hydrogen) atoms. The van der Waals surface area contributed by atoms with Gasteiger partial charge in [0.05, 0.1) is 5.92 Å². The molecule has 1 saturated heterocycles. The highest BCUT2D eigenvalue weighted by Crippen LogP contribution is 2.15. The summed E-state index contributed by atoms with van der Waals surface area (Å²) in [6, 6.07) is 10.3. The van der Waals surface area contributed by atoms with E-state index in [-0.39, 0.29) is 11.9 Å². The van der Waals surface area contributed by atoms with Crippen LogP contribution in [0.15, 0.2) is 30.3 Å². The first kappa shape index (κ1) is 16.0. The van der Waals surface area contributed by atoms with Crippen molar-refractivity contribution in [3.8, 4) is 0 Å². The zero-order valence-electron chi connectivity index (χ0n) is 13.0. The Bertz CT molecular complexity index is 429. The van der Waals surface area contributed by atoms with Gasteiger partial charge < -0.3 is 14.4 Å². The van der Waals surface area contributed by atoms with Crippen molar-refractivity contribution in [3.05, 3.63) is 35.9 Å². The molecule has 0 saturated carbocycles. The van der Waals surface area contributed by atoms with Crippen LogP contribution >= 0.6 is 0 Å². The van der Waals surface area contributed by atoms with Crippen LogP contribution in [0.25, 0.3) is 0 Å². The summed E-state index contributed by atoms with van der Waals surface area (Å²) >= 11 is 0. The minimum absolute atomic E-state index is 0.110. The lowest BCUT2D eigenvalue weighted by atomic mass is 10.1. The van der Waals surface area contributed by atoms with Crippen molar-refractivity contribution < 1.29 is 14.3 Å². The Hall–Kier alpha value is -1.39. The van der Waals surface area contributed by atoms with E-state index in [1.807, 2.05) is 37.3 Å². The molecule has 0 bridgehead atoms. The first-order chi connectivity index (χ1) is 10.2. The van der Waals surface area contributed by atoms with E-state index < -0.39 is 0 Å². The quantitative estimate of drug-likeness (QED) is 0.755. The Kier molecular flexibility index (Phi) is 6.21. The molecule has 0 spiro atoms. The number of hydrogen-bond donors (Lipinski definition) is 0. The molecule has 0 aromatic heterocycles. The Morgan fingerprint density at radius 1 is 1.33 bits per heavy atom. The van der Waals surface area contributed by atoms with Gasteiger partial charge in [0.2, 0.25) is 0 Å². The minimum Gasteiger partial charge on any atom is -0.461 e. The molecule has 0 radical (unpaired) electrons. The fourth-order valence-electron chi connectivity index (χ4n) is 2.65. The number of ether oxygens (including phenoxy) is 2. The molecule has 0 aliphatic carbocycles. The molecular formula is C17H25NO3. The van der Waals surface area contributed by atoms with E-state index in [2.05, 4.69) is 11.9 Å². The number of rotatable bonds is 6. The maximum atomic E-state index is 12.1. The molecule has 0 N–H and O–H groups in total. The summed E-state index contributed by atoms with van der Waals surface area (Å²) in [5.74, 6) is -0.237.